The van der Waals surface area contributed by atoms with Gasteiger partial charge in [0.1, 0.15) is 0 Å². The van der Waals surface area contributed by atoms with E-state index in [4.69, 9.17) is 11.6 Å². The van der Waals surface area contributed by atoms with Crippen LogP contribution in [0.25, 0.3) is 16.6 Å². The standard InChI is InChI=1S/C13H10BrClN4/c1-8(14)11-7-19(18-17-11)12-5-4-10(15)9-3-2-6-16-13(9)12/h2-8H,1H3. The minimum Gasteiger partial charge on any atom is -0.254 e. The molecule has 3 rings (SSSR count). The zero-order valence-electron chi connectivity index (χ0n) is 10.1. The predicted molar refractivity (Wildman–Crippen MR) is 79.0 cm³/mol. The minimum atomic E-state index is 0.160. The summed E-state index contributed by atoms with van der Waals surface area (Å²) < 4.78 is 1.72. The van der Waals surface area contributed by atoms with E-state index in [9.17, 15) is 0 Å². The van der Waals surface area contributed by atoms with Crippen molar-refractivity contribution in [2.24, 2.45) is 0 Å². The molecule has 0 spiro atoms. The van der Waals surface area contributed by atoms with Crippen LogP contribution in [-0.2, 0) is 0 Å². The smallest absolute Gasteiger partial charge is 0.0974 e. The number of benzene rings is 1. The monoisotopic (exact) mass is 336 g/mol. The molecule has 1 unspecified atom stereocenters. The lowest BCUT2D eigenvalue weighted by atomic mass is 10.2. The van der Waals surface area contributed by atoms with Crippen molar-refractivity contribution in [3.8, 4) is 5.69 Å². The highest BCUT2D eigenvalue weighted by Crippen LogP contribution is 2.27. The topological polar surface area (TPSA) is 43.6 Å². The Labute approximate surface area is 123 Å². The van der Waals surface area contributed by atoms with Crippen LogP contribution in [-0.4, -0.2) is 20.0 Å². The van der Waals surface area contributed by atoms with E-state index in [0.29, 0.717) is 5.02 Å². The van der Waals surface area contributed by atoms with Gasteiger partial charge < -0.3 is 0 Å². The van der Waals surface area contributed by atoms with E-state index in [-0.39, 0.29) is 4.83 Å². The molecule has 19 heavy (non-hydrogen) atoms. The van der Waals surface area contributed by atoms with Gasteiger partial charge in [0.15, 0.2) is 0 Å². The summed E-state index contributed by atoms with van der Waals surface area (Å²) in [5, 5.41) is 9.86. The summed E-state index contributed by atoms with van der Waals surface area (Å²) in [5.41, 5.74) is 2.56. The van der Waals surface area contributed by atoms with Crippen LogP contribution in [0.3, 0.4) is 0 Å². The number of hydrogen-bond donors (Lipinski definition) is 0. The van der Waals surface area contributed by atoms with Gasteiger partial charge in [0.2, 0.25) is 0 Å². The van der Waals surface area contributed by atoms with Crippen LogP contribution in [0, 0.1) is 0 Å². The van der Waals surface area contributed by atoms with Gasteiger partial charge in [0, 0.05) is 11.6 Å². The molecule has 96 valence electrons. The maximum absolute atomic E-state index is 6.18. The Balaban J connectivity index is 2.22. The zero-order chi connectivity index (χ0) is 13.4. The number of pyridine rings is 1. The lowest BCUT2D eigenvalue weighted by Crippen LogP contribution is -1.97. The van der Waals surface area contributed by atoms with Crippen LogP contribution < -0.4 is 0 Å². The summed E-state index contributed by atoms with van der Waals surface area (Å²) in [4.78, 5) is 4.55. The SMILES string of the molecule is CC(Br)c1cn(-c2ccc(Cl)c3cccnc23)nn1. The highest BCUT2D eigenvalue weighted by Gasteiger charge is 2.11. The normalized spacial score (nSPS) is 12.8. The molecular weight excluding hydrogens is 328 g/mol. The largest absolute Gasteiger partial charge is 0.254 e. The van der Waals surface area contributed by atoms with E-state index < -0.39 is 0 Å². The lowest BCUT2D eigenvalue weighted by Gasteiger charge is -2.06. The molecule has 0 saturated heterocycles. The summed E-state index contributed by atoms with van der Waals surface area (Å²) in [7, 11) is 0. The second-order valence-electron chi connectivity index (χ2n) is 4.17. The number of halogens is 2. The molecule has 0 radical (unpaired) electrons. The molecule has 0 amide bonds. The molecule has 0 aliphatic rings. The van der Waals surface area contributed by atoms with Gasteiger partial charge in [-0.05, 0) is 31.2 Å². The Hall–Kier alpha value is -1.46. The van der Waals surface area contributed by atoms with Gasteiger partial charge in [0.05, 0.1) is 32.9 Å². The van der Waals surface area contributed by atoms with E-state index in [1.165, 1.54) is 0 Å². The molecule has 1 aromatic carbocycles. The lowest BCUT2D eigenvalue weighted by molar-refractivity contribution is 0.800. The van der Waals surface area contributed by atoms with Crippen LogP contribution in [0.5, 0.6) is 0 Å². The summed E-state index contributed by atoms with van der Waals surface area (Å²) in [6, 6.07) is 7.55. The van der Waals surface area contributed by atoms with Crippen molar-refractivity contribution >= 4 is 38.4 Å². The molecule has 4 nitrogen and oxygen atoms in total. The van der Waals surface area contributed by atoms with Crippen LogP contribution >= 0.6 is 27.5 Å². The third kappa shape index (κ3) is 2.24. The van der Waals surface area contributed by atoms with Crippen molar-refractivity contribution < 1.29 is 0 Å². The molecule has 2 aromatic heterocycles. The van der Waals surface area contributed by atoms with Gasteiger partial charge in [0.25, 0.3) is 0 Å². The first-order valence-corrected chi connectivity index (χ1v) is 7.06. The number of hydrogen-bond acceptors (Lipinski definition) is 3. The van der Waals surface area contributed by atoms with Gasteiger partial charge in [-0.1, -0.05) is 32.7 Å². The van der Waals surface area contributed by atoms with Gasteiger partial charge >= 0.3 is 0 Å². The number of rotatable bonds is 2. The second kappa shape index (κ2) is 4.90. The Morgan fingerprint density at radius 3 is 2.89 bits per heavy atom. The van der Waals surface area contributed by atoms with Crippen LogP contribution in [0.4, 0.5) is 0 Å². The molecule has 0 bridgehead atoms. The number of nitrogens with zero attached hydrogens (tertiary/aromatic N) is 4. The summed E-state index contributed by atoms with van der Waals surface area (Å²) in [6.07, 6.45) is 3.63. The molecule has 3 aromatic rings. The molecule has 2 heterocycles. The number of aromatic nitrogens is 4. The third-order valence-corrected chi connectivity index (χ3v) is 3.66. The third-order valence-electron chi connectivity index (χ3n) is 2.86. The molecule has 0 N–H and O–H groups in total. The zero-order valence-corrected chi connectivity index (χ0v) is 12.4. The molecule has 6 heteroatoms. The first-order chi connectivity index (χ1) is 9.16. The summed E-state index contributed by atoms with van der Waals surface area (Å²) in [6.45, 7) is 2.01. The Kier molecular flexibility index (Phi) is 3.24. The highest BCUT2D eigenvalue weighted by molar-refractivity contribution is 9.09. The average molecular weight is 338 g/mol. The minimum absolute atomic E-state index is 0.160. The number of fused-ring (bicyclic) bond motifs is 1. The molecule has 0 fully saturated rings. The Morgan fingerprint density at radius 2 is 2.16 bits per heavy atom. The van der Waals surface area contributed by atoms with Crippen LogP contribution in [0.2, 0.25) is 5.02 Å². The molecule has 0 aliphatic heterocycles. The van der Waals surface area contributed by atoms with E-state index >= 15 is 0 Å². The van der Waals surface area contributed by atoms with Crippen molar-refractivity contribution in [2.75, 3.05) is 0 Å². The highest BCUT2D eigenvalue weighted by atomic mass is 79.9. The number of alkyl halides is 1. The van der Waals surface area contributed by atoms with Crippen LogP contribution in [0.15, 0.2) is 36.7 Å². The van der Waals surface area contributed by atoms with Gasteiger partial charge in [-0.3, -0.25) is 4.98 Å². The van der Waals surface area contributed by atoms with E-state index in [0.717, 1.165) is 22.3 Å². The fourth-order valence-corrected chi connectivity index (χ4v) is 2.31. The Bertz CT molecular complexity index is 738. The van der Waals surface area contributed by atoms with Crippen molar-refractivity contribution in [3.63, 3.8) is 0 Å². The van der Waals surface area contributed by atoms with Gasteiger partial charge in [-0.2, -0.15) is 0 Å². The molecule has 0 aliphatic carbocycles. The van der Waals surface area contributed by atoms with Crippen molar-refractivity contribution in [1.29, 1.82) is 0 Å². The van der Waals surface area contributed by atoms with Crippen molar-refractivity contribution in [3.05, 3.63) is 47.4 Å². The second-order valence-corrected chi connectivity index (χ2v) is 5.95. The molecular formula is C13H10BrClN4. The fourth-order valence-electron chi connectivity index (χ4n) is 1.88. The summed E-state index contributed by atoms with van der Waals surface area (Å²) >= 11 is 9.66. The first kappa shape index (κ1) is 12.6. The molecule has 0 saturated carbocycles. The van der Waals surface area contributed by atoms with Crippen LogP contribution in [0.1, 0.15) is 17.4 Å². The maximum Gasteiger partial charge on any atom is 0.0974 e. The molecule has 1 atom stereocenters. The Morgan fingerprint density at radius 1 is 1.32 bits per heavy atom. The van der Waals surface area contributed by atoms with E-state index in [1.807, 2.05) is 37.4 Å². The average Bonchev–Trinajstić information content (AvgIpc) is 2.89. The van der Waals surface area contributed by atoms with Gasteiger partial charge in [-0.15, -0.1) is 5.10 Å². The summed E-state index contributed by atoms with van der Waals surface area (Å²) in [5.74, 6) is 0. The van der Waals surface area contributed by atoms with E-state index in [2.05, 4.69) is 31.2 Å². The first-order valence-electron chi connectivity index (χ1n) is 5.77. The van der Waals surface area contributed by atoms with Crippen molar-refractivity contribution in [1.82, 2.24) is 20.0 Å². The van der Waals surface area contributed by atoms with E-state index in [1.54, 1.807) is 10.9 Å². The van der Waals surface area contributed by atoms with Gasteiger partial charge in [-0.25, -0.2) is 4.68 Å². The fraction of sp³-hybridized carbons (Fsp3) is 0.154. The quantitative estimate of drug-likeness (QED) is 0.666. The maximum atomic E-state index is 6.18. The van der Waals surface area contributed by atoms with Crippen molar-refractivity contribution in [2.45, 2.75) is 11.8 Å². The predicted octanol–water partition coefficient (Wildman–Crippen LogP) is 3.92.